The van der Waals surface area contributed by atoms with Crippen molar-refractivity contribution < 1.29 is 4.74 Å². The number of pyridine rings is 2. The van der Waals surface area contributed by atoms with Crippen molar-refractivity contribution >= 4 is 33.4 Å². The van der Waals surface area contributed by atoms with Crippen molar-refractivity contribution in [1.29, 1.82) is 0 Å². The average molecular weight is 381 g/mol. The Morgan fingerprint density at radius 1 is 1.17 bits per heavy atom. The summed E-state index contributed by atoms with van der Waals surface area (Å²) in [4.78, 5) is 8.58. The van der Waals surface area contributed by atoms with Crippen LogP contribution in [0.2, 0.25) is 0 Å². The highest BCUT2D eigenvalue weighted by molar-refractivity contribution is 5.91. The molecule has 0 spiro atoms. The van der Waals surface area contributed by atoms with Gasteiger partial charge in [0.05, 0.1) is 16.4 Å². The summed E-state index contributed by atoms with van der Waals surface area (Å²) in [5.74, 6) is 4.10. The van der Waals surface area contributed by atoms with Gasteiger partial charge < -0.3 is 10.1 Å². The largest absolute Gasteiger partial charge is 0.418 e. The van der Waals surface area contributed by atoms with E-state index in [4.69, 9.17) is 11.2 Å². The molecule has 0 fully saturated rings. The molecule has 0 amide bonds. The van der Waals surface area contributed by atoms with E-state index >= 15 is 0 Å². The maximum absolute atomic E-state index is 5.86. The summed E-state index contributed by atoms with van der Waals surface area (Å²) in [5.41, 5.74) is 4.11. The van der Waals surface area contributed by atoms with Crippen LogP contribution in [0.4, 0.5) is 11.5 Å². The maximum atomic E-state index is 5.86. The predicted octanol–water partition coefficient (Wildman–Crippen LogP) is 3.76. The fourth-order valence-corrected chi connectivity index (χ4v) is 3.08. The van der Waals surface area contributed by atoms with E-state index < -0.39 is 0 Å². The number of anilines is 2. The number of terminal acetylenes is 1. The molecular weight excluding hydrogens is 366 g/mol. The molecule has 1 aromatic carbocycles. The average Bonchev–Trinajstić information content (AvgIpc) is 3.30. The van der Waals surface area contributed by atoms with Gasteiger partial charge in [-0.15, -0.1) is 11.5 Å². The maximum Gasteiger partial charge on any atom is 0.247 e. The van der Waals surface area contributed by atoms with Gasteiger partial charge in [0, 0.05) is 36.8 Å². The lowest BCUT2D eigenvalue weighted by Gasteiger charge is -2.04. The quantitative estimate of drug-likeness (QED) is 0.461. The summed E-state index contributed by atoms with van der Waals surface area (Å²) >= 11 is 0. The minimum atomic E-state index is 0.431. The van der Waals surface area contributed by atoms with Crippen LogP contribution in [-0.4, -0.2) is 29.9 Å². The second kappa shape index (κ2) is 6.65. The van der Waals surface area contributed by atoms with Gasteiger partial charge in [-0.1, -0.05) is 5.92 Å². The van der Waals surface area contributed by atoms with E-state index in [1.165, 1.54) is 0 Å². The lowest BCUT2D eigenvalue weighted by molar-refractivity contribution is 0.441. The fourth-order valence-electron chi connectivity index (χ4n) is 3.08. The smallest absolute Gasteiger partial charge is 0.247 e. The first kappa shape index (κ1) is 16.8. The van der Waals surface area contributed by atoms with Crippen LogP contribution >= 0.6 is 0 Å². The first-order valence-electron chi connectivity index (χ1n) is 8.84. The van der Waals surface area contributed by atoms with E-state index in [0.29, 0.717) is 23.1 Å². The third-order valence-electron chi connectivity index (χ3n) is 4.50. The zero-order valence-electron chi connectivity index (χ0n) is 15.4. The lowest BCUT2D eigenvalue weighted by Crippen LogP contribution is -1.94. The number of hydrogen-bond donors (Lipinski definition) is 2. The van der Waals surface area contributed by atoms with E-state index in [1.54, 1.807) is 29.2 Å². The highest BCUT2D eigenvalue weighted by Gasteiger charge is 2.13. The summed E-state index contributed by atoms with van der Waals surface area (Å²) in [7, 11) is 1.86. The zero-order chi connectivity index (χ0) is 19.8. The van der Waals surface area contributed by atoms with Gasteiger partial charge in [0.25, 0.3) is 0 Å². The number of aryl methyl sites for hydroxylation is 1. The number of fused-ring (bicyclic) bond motifs is 2. The van der Waals surface area contributed by atoms with Crippen molar-refractivity contribution in [3.05, 3.63) is 60.4 Å². The van der Waals surface area contributed by atoms with E-state index in [0.717, 1.165) is 27.6 Å². The molecule has 8 nitrogen and oxygen atoms in total. The molecular formula is C21H15N7O. The van der Waals surface area contributed by atoms with Crippen LogP contribution in [0.1, 0.15) is 5.56 Å². The summed E-state index contributed by atoms with van der Waals surface area (Å²) in [6, 6.07) is 13.2. The Balaban J connectivity index is 1.46. The molecule has 0 aliphatic rings. The SMILES string of the molecule is C#Cc1ccc(Oc2nn(C)c3cc(Nc4n[nH]c5cccnc45)ccc23)nc1. The minimum absolute atomic E-state index is 0.431. The molecule has 5 aromatic rings. The molecule has 0 aliphatic carbocycles. The molecule has 8 heteroatoms. The normalized spacial score (nSPS) is 10.9. The Morgan fingerprint density at radius 2 is 2.10 bits per heavy atom. The third-order valence-corrected chi connectivity index (χ3v) is 4.50. The number of hydrogen-bond acceptors (Lipinski definition) is 6. The van der Waals surface area contributed by atoms with Crippen molar-refractivity contribution in [2.75, 3.05) is 5.32 Å². The van der Waals surface area contributed by atoms with Gasteiger partial charge >= 0.3 is 0 Å². The van der Waals surface area contributed by atoms with Gasteiger partial charge in [0.1, 0.15) is 5.52 Å². The van der Waals surface area contributed by atoms with Crippen molar-refractivity contribution in [1.82, 2.24) is 29.9 Å². The Labute approximate surface area is 165 Å². The monoisotopic (exact) mass is 381 g/mol. The van der Waals surface area contributed by atoms with Crippen molar-refractivity contribution in [3.63, 3.8) is 0 Å². The second-order valence-electron chi connectivity index (χ2n) is 6.39. The highest BCUT2D eigenvalue weighted by atomic mass is 16.5. The van der Waals surface area contributed by atoms with Crippen LogP contribution < -0.4 is 10.1 Å². The van der Waals surface area contributed by atoms with Gasteiger partial charge in [0.15, 0.2) is 5.82 Å². The fraction of sp³-hybridized carbons (Fsp3) is 0.0476. The lowest BCUT2D eigenvalue weighted by atomic mass is 10.2. The van der Waals surface area contributed by atoms with E-state index in [9.17, 15) is 0 Å². The van der Waals surface area contributed by atoms with Gasteiger partial charge in [-0.25, -0.2) is 4.98 Å². The topological polar surface area (TPSA) is 93.5 Å². The molecule has 4 heterocycles. The molecule has 0 aliphatic heterocycles. The number of nitrogens with zero attached hydrogens (tertiary/aromatic N) is 5. The second-order valence-corrected chi connectivity index (χ2v) is 6.39. The zero-order valence-corrected chi connectivity index (χ0v) is 15.4. The van der Waals surface area contributed by atoms with Gasteiger partial charge in [-0.2, -0.15) is 5.10 Å². The van der Waals surface area contributed by atoms with Crippen LogP contribution in [0, 0.1) is 12.3 Å². The first-order chi connectivity index (χ1) is 14.2. The van der Waals surface area contributed by atoms with Crippen LogP contribution in [0.15, 0.2) is 54.9 Å². The number of H-pyrrole nitrogens is 1. The molecule has 4 aromatic heterocycles. The Hall–Kier alpha value is -4.38. The standard InChI is InChI=1S/C21H15N7O/c1-3-13-6-9-18(23-12-13)29-21-15-8-7-14(11-17(15)28(2)27-21)24-20-19-16(25-26-20)5-4-10-22-19/h1,4-12H,2H3,(H2,24,25,26). The molecule has 2 N–H and O–H groups in total. The van der Waals surface area contributed by atoms with Crippen molar-refractivity contribution in [2.45, 2.75) is 0 Å². The number of benzene rings is 1. The molecule has 0 radical (unpaired) electrons. The molecule has 29 heavy (non-hydrogen) atoms. The van der Waals surface area contributed by atoms with Crippen molar-refractivity contribution in [2.24, 2.45) is 7.05 Å². The van der Waals surface area contributed by atoms with Crippen LogP contribution in [0.25, 0.3) is 21.9 Å². The highest BCUT2D eigenvalue weighted by Crippen LogP contribution is 2.31. The minimum Gasteiger partial charge on any atom is -0.418 e. The molecule has 140 valence electrons. The van der Waals surface area contributed by atoms with Crippen LogP contribution in [-0.2, 0) is 7.05 Å². The summed E-state index contributed by atoms with van der Waals surface area (Å²) in [5, 5.41) is 15.9. The Kier molecular flexibility index (Phi) is 3.85. The van der Waals surface area contributed by atoms with Crippen molar-refractivity contribution in [3.8, 4) is 24.1 Å². The Bertz CT molecular complexity index is 1380. The van der Waals surface area contributed by atoms with E-state index in [-0.39, 0.29) is 0 Å². The van der Waals surface area contributed by atoms with E-state index in [1.807, 2.05) is 37.4 Å². The summed E-state index contributed by atoms with van der Waals surface area (Å²) in [6.45, 7) is 0. The molecule has 0 atom stereocenters. The van der Waals surface area contributed by atoms with Gasteiger partial charge in [0.2, 0.25) is 11.8 Å². The molecule has 0 bridgehead atoms. The number of aromatic amines is 1. The van der Waals surface area contributed by atoms with Gasteiger partial charge in [-0.05, 0) is 36.4 Å². The number of aromatic nitrogens is 6. The molecule has 0 saturated heterocycles. The number of ether oxygens (including phenoxy) is 1. The predicted molar refractivity (Wildman–Crippen MR) is 110 cm³/mol. The number of rotatable bonds is 4. The molecule has 0 saturated carbocycles. The van der Waals surface area contributed by atoms with Crippen LogP contribution in [0.3, 0.4) is 0 Å². The Morgan fingerprint density at radius 3 is 2.93 bits per heavy atom. The summed E-state index contributed by atoms with van der Waals surface area (Å²) < 4.78 is 7.61. The first-order valence-corrected chi connectivity index (χ1v) is 8.84. The molecule has 0 unspecified atom stereocenters. The van der Waals surface area contributed by atoms with Crippen LogP contribution in [0.5, 0.6) is 11.8 Å². The van der Waals surface area contributed by atoms with Gasteiger partial charge in [-0.3, -0.25) is 14.8 Å². The summed E-state index contributed by atoms with van der Waals surface area (Å²) in [6.07, 6.45) is 8.69. The number of nitrogens with one attached hydrogen (secondary N) is 2. The third kappa shape index (κ3) is 3.00. The van der Waals surface area contributed by atoms with E-state index in [2.05, 4.69) is 36.5 Å². The molecule has 5 rings (SSSR count).